The van der Waals surface area contributed by atoms with Crippen molar-refractivity contribution in [1.29, 1.82) is 0 Å². The third kappa shape index (κ3) is 4.82. The first-order valence-corrected chi connectivity index (χ1v) is 21.9. The van der Waals surface area contributed by atoms with Crippen LogP contribution in [0.2, 0.25) is 0 Å². The van der Waals surface area contributed by atoms with Gasteiger partial charge in [0.1, 0.15) is 5.75 Å². The lowest BCUT2D eigenvalue weighted by Crippen LogP contribution is -2.01. The third-order valence-corrected chi connectivity index (χ3v) is 14.9. The summed E-state index contributed by atoms with van der Waals surface area (Å²) < 4.78 is 16.3. The Kier molecular flexibility index (Phi) is 7.26. The van der Waals surface area contributed by atoms with Crippen LogP contribution in [0.25, 0.3) is 118 Å². The van der Waals surface area contributed by atoms with E-state index in [4.69, 9.17) is 4.74 Å². The molecule has 0 spiro atoms. The fraction of sp³-hybridized carbons (Fsp3) is 0.0182. The van der Waals surface area contributed by atoms with Crippen molar-refractivity contribution in [1.82, 2.24) is 9.13 Å². The molecule has 0 bridgehead atoms. The SMILES string of the molecule is COc1ccc(-n2c3ccccc3c3cc(-c4cccc5c4sc4ccccc45)ccc32)cc1-n1c2ccccc2c2cc(-c3cccc4c3sc3ccccc34)ccc21. The number of methoxy groups -OCH3 is 1. The highest BCUT2D eigenvalue weighted by molar-refractivity contribution is 7.26. The third-order valence-electron chi connectivity index (χ3n) is 12.4. The first-order chi connectivity index (χ1) is 29.7. The van der Waals surface area contributed by atoms with Crippen molar-refractivity contribution in [3.63, 3.8) is 0 Å². The first kappa shape index (κ1) is 33.8. The zero-order valence-electron chi connectivity index (χ0n) is 32.5. The summed E-state index contributed by atoms with van der Waals surface area (Å²) in [6, 6.07) is 69.0. The van der Waals surface area contributed by atoms with Gasteiger partial charge in [-0.2, -0.15) is 0 Å². The summed E-state index contributed by atoms with van der Waals surface area (Å²) in [6.45, 7) is 0. The number of aromatic nitrogens is 2. The molecule has 0 atom stereocenters. The van der Waals surface area contributed by atoms with E-state index in [1.54, 1.807) is 7.11 Å². The molecule has 9 aromatic carbocycles. The number of hydrogen-bond acceptors (Lipinski definition) is 3. The van der Waals surface area contributed by atoms with Gasteiger partial charge in [-0.05, 0) is 89.0 Å². The molecule has 0 amide bonds. The Balaban J connectivity index is 0.998. The summed E-state index contributed by atoms with van der Waals surface area (Å²) in [5.74, 6) is 0.819. The van der Waals surface area contributed by atoms with Gasteiger partial charge < -0.3 is 13.9 Å². The lowest BCUT2D eigenvalue weighted by atomic mass is 10.0. The summed E-state index contributed by atoms with van der Waals surface area (Å²) in [7, 11) is 1.77. The molecule has 4 heterocycles. The Labute approximate surface area is 353 Å². The van der Waals surface area contributed by atoms with Gasteiger partial charge in [0.25, 0.3) is 0 Å². The van der Waals surface area contributed by atoms with Gasteiger partial charge in [-0.3, -0.25) is 0 Å². The number of hydrogen-bond donors (Lipinski definition) is 0. The molecule has 0 fully saturated rings. The molecule has 0 aliphatic carbocycles. The molecule has 0 saturated heterocycles. The maximum atomic E-state index is 6.18. The maximum Gasteiger partial charge on any atom is 0.143 e. The minimum atomic E-state index is 0.819. The van der Waals surface area contributed by atoms with Crippen molar-refractivity contribution < 1.29 is 4.74 Å². The van der Waals surface area contributed by atoms with Crippen LogP contribution in [0.15, 0.2) is 188 Å². The molecule has 0 radical (unpaired) electrons. The molecule has 5 heteroatoms. The summed E-state index contributed by atoms with van der Waals surface area (Å²) >= 11 is 3.76. The highest BCUT2D eigenvalue weighted by Crippen LogP contribution is 2.45. The van der Waals surface area contributed by atoms with Crippen LogP contribution in [-0.2, 0) is 0 Å². The van der Waals surface area contributed by atoms with Crippen LogP contribution < -0.4 is 4.74 Å². The van der Waals surface area contributed by atoms with Gasteiger partial charge in [-0.15, -0.1) is 22.7 Å². The Hall–Kier alpha value is -7.18. The summed E-state index contributed by atoms with van der Waals surface area (Å²) in [4.78, 5) is 0. The molecular weight excluding hydrogens is 769 g/mol. The second-order valence-corrected chi connectivity index (χ2v) is 17.7. The van der Waals surface area contributed by atoms with Crippen LogP contribution >= 0.6 is 22.7 Å². The topological polar surface area (TPSA) is 19.1 Å². The van der Waals surface area contributed by atoms with Gasteiger partial charge >= 0.3 is 0 Å². The quantitative estimate of drug-likeness (QED) is 0.170. The van der Waals surface area contributed by atoms with E-state index in [-0.39, 0.29) is 0 Å². The summed E-state index contributed by atoms with van der Waals surface area (Å²) in [5.41, 5.74) is 11.7. The van der Waals surface area contributed by atoms with Crippen LogP contribution in [-0.4, -0.2) is 16.2 Å². The van der Waals surface area contributed by atoms with Crippen LogP contribution in [0, 0.1) is 0 Å². The number of fused-ring (bicyclic) bond motifs is 12. The lowest BCUT2D eigenvalue weighted by Gasteiger charge is -2.16. The normalized spacial score (nSPS) is 12.1. The number of ether oxygens (including phenoxy) is 1. The number of thiophene rings is 2. The first-order valence-electron chi connectivity index (χ1n) is 20.3. The maximum absolute atomic E-state index is 6.18. The minimum Gasteiger partial charge on any atom is -0.495 e. The second-order valence-electron chi connectivity index (χ2n) is 15.6. The van der Waals surface area contributed by atoms with Gasteiger partial charge in [-0.25, -0.2) is 0 Å². The van der Waals surface area contributed by atoms with Gasteiger partial charge in [0.05, 0.1) is 34.9 Å². The van der Waals surface area contributed by atoms with Crippen molar-refractivity contribution >= 4 is 107 Å². The molecule has 0 aliphatic heterocycles. The summed E-state index contributed by atoms with van der Waals surface area (Å²) in [5, 5.41) is 10.2. The van der Waals surface area contributed by atoms with E-state index in [1.165, 1.54) is 95.2 Å². The molecule has 282 valence electrons. The molecule has 0 N–H and O–H groups in total. The molecule has 13 rings (SSSR count). The largest absolute Gasteiger partial charge is 0.495 e. The summed E-state index contributed by atoms with van der Waals surface area (Å²) in [6.07, 6.45) is 0. The van der Waals surface area contributed by atoms with Gasteiger partial charge in [0, 0.05) is 67.6 Å². The van der Waals surface area contributed by atoms with Crippen molar-refractivity contribution in [2.45, 2.75) is 0 Å². The predicted molar refractivity (Wildman–Crippen MR) is 258 cm³/mol. The second kappa shape index (κ2) is 12.9. The molecule has 4 aromatic heterocycles. The lowest BCUT2D eigenvalue weighted by molar-refractivity contribution is 0.413. The average molecular weight is 803 g/mol. The number of rotatable bonds is 5. The zero-order valence-corrected chi connectivity index (χ0v) is 34.2. The van der Waals surface area contributed by atoms with Gasteiger partial charge in [-0.1, -0.05) is 121 Å². The number of benzene rings is 9. The standard InChI is InChI=1S/C55H34N2OS2/c1-58-51-29-26-35(56-46-20-6-2-12-38(46)44-30-33(24-27-48(44)56)36-16-10-18-42-40-14-4-8-22-52(40)59-54(36)42)32-50(51)57-47-21-7-3-13-39(47)45-31-34(25-28-49(45)57)37-17-11-19-43-41-15-5-9-23-53(41)60-55(37)43/h2-32H,1H3. The van der Waals surface area contributed by atoms with Crippen LogP contribution in [0.5, 0.6) is 5.75 Å². The van der Waals surface area contributed by atoms with E-state index < -0.39 is 0 Å². The zero-order chi connectivity index (χ0) is 39.5. The minimum absolute atomic E-state index is 0.819. The fourth-order valence-electron chi connectivity index (χ4n) is 9.76. The molecule has 0 aliphatic rings. The van der Waals surface area contributed by atoms with E-state index >= 15 is 0 Å². The van der Waals surface area contributed by atoms with E-state index in [9.17, 15) is 0 Å². The molecule has 0 saturated carbocycles. The van der Waals surface area contributed by atoms with Crippen LogP contribution in [0.1, 0.15) is 0 Å². The van der Waals surface area contributed by atoms with Crippen molar-refractivity contribution in [3.05, 3.63) is 188 Å². The van der Waals surface area contributed by atoms with E-state index in [2.05, 4.69) is 197 Å². The molecule has 60 heavy (non-hydrogen) atoms. The van der Waals surface area contributed by atoms with E-state index in [0.29, 0.717) is 0 Å². The van der Waals surface area contributed by atoms with Crippen molar-refractivity contribution in [2.75, 3.05) is 7.11 Å². The Morgan fingerprint density at radius 3 is 1.40 bits per heavy atom. The van der Waals surface area contributed by atoms with Crippen molar-refractivity contribution in [3.8, 4) is 39.4 Å². The Morgan fingerprint density at radius 2 is 0.833 bits per heavy atom. The molecule has 0 unspecified atom stereocenters. The molecule has 13 aromatic rings. The van der Waals surface area contributed by atoms with Gasteiger partial charge in [0.15, 0.2) is 0 Å². The van der Waals surface area contributed by atoms with E-state index in [0.717, 1.165) is 28.2 Å². The van der Waals surface area contributed by atoms with Crippen molar-refractivity contribution in [2.24, 2.45) is 0 Å². The molecular formula is C55H34N2OS2. The number of nitrogens with zero attached hydrogens (tertiary/aromatic N) is 2. The highest BCUT2D eigenvalue weighted by atomic mass is 32.1. The Bertz CT molecular complexity index is 3900. The fourth-order valence-corrected chi connectivity index (χ4v) is 12.2. The molecule has 3 nitrogen and oxygen atoms in total. The number of para-hydroxylation sites is 2. The predicted octanol–water partition coefficient (Wildman–Crippen LogP) is 16.0. The monoisotopic (exact) mass is 802 g/mol. The Morgan fingerprint density at radius 1 is 0.367 bits per heavy atom. The highest BCUT2D eigenvalue weighted by Gasteiger charge is 2.21. The average Bonchev–Trinajstić information content (AvgIpc) is 4.06. The van der Waals surface area contributed by atoms with Gasteiger partial charge in [0.2, 0.25) is 0 Å². The van der Waals surface area contributed by atoms with Crippen LogP contribution in [0.3, 0.4) is 0 Å². The smallest absolute Gasteiger partial charge is 0.143 e. The van der Waals surface area contributed by atoms with Crippen LogP contribution in [0.4, 0.5) is 0 Å². The van der Waals surface area contributed by atoms with E-state index in [1.807, 2.05) is 22.7 Å².